The van der Waals surface area contributed by atoms with Crippen molar-refractivity contribution in [1.82, 2.24) is 9.80 Å². The number of carbonyl (C=O) groups is 2. The van der Waals surface area contributed by atoms with Gasteiger partial charge in [0.1, 0.15) is 0 Å². The molecular formula is C15H18N2O3. The predicted octanol–water partition coefficient (Wildman–Crippen LogP) is 0.739. The summed E-state index contributed by atoms with van der Waals surface area (Å²) in [4.78, 5) is 27.8. The molecule has 1 aromatic rings. The zero-order chi connectivity index (χ0) is 14.1. The van der Waals surface area contributed by atoms with Gasteiger partial charge in [0.25, 0.3) is 11.8 Å². The Balaban J connectivity index is 1.65. The summed E-state index contributed by atoms with van der Waals surface area (Å²) in [5.41, 5.74) is 0.993. The largest absolute Gasteiger partial charge is 0.392 e. The van der Waals surface area contributed by atoms with E-state index >= 15 is 0 Å². The Labute approximate surface area is 117 Å². The lowest BCUT2D eigenvalue weighted by Crippen LogP contribution is -2.43. The number of hydrogen-bond acceptors (Lipinski definition) is 4. The van der Waals surface area contributed by atoms with E-state index in [1.807, 2.05) is 0 Å². The first-order chi connectivity index (χ1) is 9.66. The van der Waals surface area contributed by atoms with Crippen LogP contribution in [-0.2, 0) is 0 Å². The first-order valence-corrected chi connectivity index (χ1v) is 7.02. The minimum Gasteiger partial charge on any atom is -0.392 e. The van der Waals surface area contributed by atoms with Gasteiger partial charge in [0.2, 0.25) is 0 Å². The van der Waals surface area contributed by atoms with Crippen LogP contribution in [0.2, 0.25) is 0 Å². The molecule has 2 amide bonds. The van der Waals surface area contributed by atoms with Crippen LogP contribution in [-0.4, -0.2) is 59.0 Å². The zero-order valence-corrected chi connectivity index (χ0v) is 11.3. The minimum absolute atomic E-state index is 0.205. The molecule has 0 radical (unpaired) electrons. The SMILES string of the molecule is O=C1c2ccccc2C(=O)N1CCN1CCC[C@H](O)C1. The molecule has 1 aromatic carbocycles. The number of nitrogens with zero attached hydrogens (tertiary/aromatic N) is 2. The molecule has 1 N–H and O–H groups in total. The van der Waals surface area contributed by atoms with E-state index in [0.717, 1.165) is 19.4 Å². The van der Waals surface area contributed by atoms with Gasteiger partial charge in [-0.3, -0.25) is 19.4 Å². The van der Waals surface area contributed by atoms with Gasteiger partial charge in [0.15, 0.2) is 0 Å². The lowest BCUT2D eigenvalue weighted by Gasteiger charge is -2.30. The third-order valence-corrected chi connectivity index (χ3v) is 4.00. The highest BCUT2D eigenvalue weighted by Crippen LogP contribution is 2.22. The summed E-state index contributed by atoms with van der Waals surface area (Å²) in [7, 11) is 0. The molecular weight excluding hydrogens is 256 g/mol. The molecule has 20 heavy (non-hydrogen) atoms. The van der Waals surface area contributed by atoms with E-state index in [0.29, 0.717) is 30.8 Å². The van der Waals surface area contributed by atoms with Crippen molar-refractivity contribution in [2.24, 2.45) is 0 Å². The van der Waals surface area contributed by atoms with Crippen molar-refractivity contribution < 1.29 is 14.7 Å². The van der Waals surface area contributed by atoms with Crippen LogP contribution in [0, 0.1) is 0 Å². The van der Waals surface area contributed by atoms with Gasteiger partial charge in [-0.05, 0) is 31.5 Å². The number of hydrogen-bond donors (Lipinski definition) is 1. The fourth-order valence-corrected chi connectivity index (χ4v) is 2.92. The third kappa shape index (κ3) is 2.34. The van der Waals surface area contributed by atoms with Gasteiger partial charge in [-0.25, -0.2) is 0 Å². The van der Waals surface area contributed by atoms with Crippen LogP contribution in [0.1, 0.15) is 33.6 Å². The average Bonchev–Trinajstić information content (AvgIpc) is 2.70. The number of aliphatic hydroxyl groups is 1. The van der Waals surface area contributed by atoms with Crippen LogP contribution in [0.15, 0.2) is 24.3 Å². The molecule has 5 nitrogen and oxygen atoms in total. The van der Waals surface area contributed by atoms with Crippen molar-refractivity contribution >= 4 is 11.8 Å². The quantitative estimate of drug-likeness (QED) is 0.826. The summed E-state index contributed by atoms with van der Waals surface area (Å²) in [5, 5.41) is 9.63. The molecule has 0 aliphatic carbocycles. The lowest BCUT2D eigenvalue weighted by atomic mass is 10.1. The Hall–Kier alpha value is -1.72. The van der Waals surface area contributed by atoms with Crippen molar-refractivity contribution in [1.29, 1.82) is 0 Å². The number of β-amino-alcohol motifs (C(OH)–C–C–N with tert-alkyl or cyclic N) is 1. The summed E-state index contributed by atoms with van der Waals surface area (Å²) >= 11 is 0. The number of benzene rings is 1. The van der Waals surface area contributed by atoms with Gasteiger partial charge in [-0.1, -0.05) is 12.1 Å². The van der Waals surface area contributed by atoms with Crippen molar-refractivity contribution in [3.63, 3.8) is 0 Å². The van der Waals surface area contributed by atoms with Gasteiger partial charge in [-0.15, -0.1) is 0 Å². The second-order valence-electron chi connectivity index (χ2n) is 5.40. The Kier molecular flexibility index (Phi) is 3.54. The molecule has 0 aromatic heterocycles. The predicted molar refractivity (Wildman–Crippen MR) is 73.5 cm³/mol. The molecule has 1 atom stereocenters. The van der Waals surface area contributed by atoms with Crippen molar-refractivity contribution in [3.05, 3.63) is 35.4 Å². The minimum atomic E-state index is -0.286. The molecule has 1 saturated heterocycles. The maximum Gasteiger partial charge on any atom is 0.261 e. The van der Waals surface area contributed by atoms with E-state index in [1.54, 1.807) is 24.3 Å². The van der Waals surface area contributed by atoms with Gasteiger partial charge in [0.05, 0.1) is 17.2 Å². The zero-order valence-electron chi connectivity index (χ0n) is 11.3. The first-order valence-electron chi connectivity index (χ1n) is 7.02. The van der Waals surface area contributed by atoms with Gasteiger partial charge >= 0.3 is 0 Å². The second-order valence-corrected chi connectivity index (χ2v) is 5.40. The van der Waals surface area contributed by atoms with E-state index in [2.05, 4.69) is 4.90 Å². The molecule has 2 aliphatic heterocycles. The van der Waals surface area contributed by atoms with Crippen molar-refractivity contribution in [3.8, 4) is 0 Å². The number of rotatable bonds is 3. The topological polar surface area (TPSA) is 60.9 Å². The van der Waals surface area contributed by atoms with Crippen molar-refractivity contribution in [2.75, 3.05) is 26.2 Å². The Bertz CT molecular complexity index is 509. The molecule has 1 fully saturated rings. The summed E-state index contributed by atoms with van der Waals surface area (Å²) in [6.07, 6.45) is 1.51. The molecule has 5 heteroatoms. The van der Waals surface area contributed by atoms with Crippen LogP contribution in [0.4, 0.5) is 0 Å². The fourth-order valence-electron chi connectivity index (χ4n) is 2.92. The van der Waals surface area contributed by atoms with Gasteiger partial charge in [-0.2, -0.15) is 0 Å². The lowest BCUT2D eigenvalue weighted by molar-refractivity contribution is 0.0539. The standard InChI is InChI=1S/C15H18N2O3/c18-11-4-3-7-16(10-11)8-9-17-14(19)12-5-1-2-6-13(12)15(17)20/h1-2,5-6,11,18H,3-4,7-10H2/t11-/m0/s1. The molecule has 2 aliphatic rings. The molecule has 0 bridgehead atoms. The van der Waals surface area contributed by atoms with Crippen LogP contribution in [0.25, 0.3) is 0 Å². The summed E-state index contributed by atoms with van der Waals surface area (Å²) in [5.74, 6) is -0.411. The van der Waals surface area contributed by atoms with Crippen LogP contribution < -0.4 is 0 Å². The van der Waals surface area contributed by atoms with Crippen molar-refractivity contribution in [2.45, 2.75) is 18.9 Å². The highest BCUT2D eigenvalue weighted by molar-refractivity contribution is 6.21. The molecule has 3 rings (SSSR count). The monoisotopic (exact) mass is 274 g/mol. The van der Waals surface area contributed by atoms with E-state index < -0.39 is 0 Å². The maximum absolute atomic E-state index is 12.2. The maximum atomic E-state index is 12.2. The summed E-state index contributed by atoms with van der Waals surface area (Å²) in [6, 6.07) is 6.93. The van der Waals surface area contributed by atoms with E-state index in [4.69, 9.17) is 0 Å². The molecule has 106 valence electrons. The first kappa shape index (κ1) is 13.3. The van der Waals surface area contributed by atoms with E-state index in [9.17, 15) is 14.7 Å². The third-order valence-electron chi connectivity index (χ3n) is 4.00. The highest BCUT2D eigenvalue weighted by Gasteiger charge is 2.35. The number of aliphatic hydroxyl groups excluding tert-OH is 1. The van der Waals surface area contributed by atoms with Gasteiger partial charge < -0.3 is 5.11 Å². The van der Waals surface area contributed by atoms with Crippen LogP contribution in [0.5, 0.6) is 0 Å². The number of likely N-dealkylation sites (tertiary alicyclic amines) is 1. The number of carbonyl (C=O) groups excluding carboxylic acids is 2. The normalized spacial score (nSPS) is 23.2. The number of imide groups is 1. The smallest absolute Gasteiger partial charge is 0.261 e. The highest BCUT2D eigenvalue weighted by atomic mass is 16.3. The summed E-state index contributed by atoms with van der Waals surface area (Å²) < 4.78 is 0. The average molecular weight is 274 g/mol. The number of fused-ring (bicyclic) bond motifs is 1. The Morgan fingerprint density at radius 1 is 1.10 bits per heavy atom. The van der Waals surface area contributed by atoms with Crippen LogP contribution >= 0.6 is 0 Å². The fraction of sp³-hybridized carbons (Fsp3) is 0.467. The summed E-state index contributed by atoms with van der Waals surface area (Å²) in [6.45, 7) is 2.56. The van der Waals surface area contributed by atoms with Gasteiger partial charge in [0, 0.05) is 19.6 Å². The van der Waals surface area contributed by atoms with Crippen LogP contribution in [0.3, 0.4) is 0 Å². The number of piperidine rings is 1. The van der Waals surface area contributed by atoms with E-state index in [1.165, 1.54) is 4.90 Å². The molecule has 0 spiro atoms. The number of amides is 2. The molecule has 0 unspecified atom stereocenters. The molecule has 0 saturated carbocycles. The molecule has 2 heterocycles. The van der Waals surface area contributed by atoms with E-state index in [-0.39, 0.29) is 17.9 Å². The second kappa shape index (κ2) is 5.34. The Morgan fingerprint density at radius 3 is 2.35 bits per heavy atom. The Morgan fingerprint density at radius 2 is 1.75 bits per heavy atom.